The van der Waals surface area contributed by atoms with Gasteiger partial charge in [-0.1, -0.05) is 11.6 Å². The van der Waals surface area contributed by atoms with Gasteiger partial charge in [0.05, 0.1) is 4.92 Å². The Balaban J connectivity index is 3.36. The average Bonchev–Trinajstić information content (AvgIpc) is 2.07. The molecule has 0 bridgehead atoms. The molecule has 1 aromatic carbocycles. The highest BCUT2D eigenvalue weighted by atomic mass is 35.5. The molecule has 13 heavy (non-hydrogen) atoms. The van der Waals surface area contributed by atoms with Gasteiger partial charge in [0.15, 0.2) is 0 Å². The molecule has 1 rings (SSSR count). The first-order chi connectivity index (χ1) is 6.06. The lowest BCUT2D eigenvalue weighted by molar-refractivity contribution is -0.384. The van der Waals surface area contributed by atoms with Gasteiger partial charge >= 0.3 is 0 Å². The van der Waals surface area contributed by atoms with E-state index >= 15 is 0 Å². The van der Waals surface area contributed by atoms with Crippen LogP contribution in [0.3, 0.4) is 0 Å². The van der Waals surface area contributed by atoms with Gasteiger partial charge in [-0.25, -0.2) is 0 Å². The lowest BCUT2D eigenvalue weighted by atomic mass is 10.2. The zero-order valence-electron chi connectivity index (χ0n) is 6.45. The highest BCUT2D eigenvalue weighted by molar-refractivity contribution is 6.33. The van der Waals surface area contributed by atoms with Crippen LogP contribution in [0, 0.1) is 15.5 Å². The fourth-order valence-corrected chi connectivity index (χ4v) is 1.10. The van der Waals surface area contributed by atoms with E-state index in [-0.39, 0.29) is 16.4 Å². The molecule has 5 nitrogen and oxygen atoms in total. The number of nitrogen functional groups attached to an aromatic ring is 1. The van der Waals surface area contributed by atoms with Gasteiger partial charge < -0.3 is 11.1 Å². The van der Waals surface area contributed by atoms with Crippen LogP contribution >= 0.6 is 11.6 Å². The Kier molecular flexibility index (Phi) is 2.48. The van der Waals surface area contributed by atoms with Crippen LogP contribution in [0.5, 0.6) is 0 Å². The number of rotatable bonds is 2. The largest absolute Gasteiger partial charge is 0.398 e. The van der Waals surface area contributed by atoms with Gasteiger partial charge in [-0.15, -0.1) is 0 Å². The third-order valence-electron chi connectivity index (χ3n) is 1.50. The van der Waals surface area contributed by atoms with E-state index in [0.717, 1.165) is 12.3 Å². The van der Waals surface area contributed by atoms with E-state index in [1.807, 2.05) is 0 Å². The number of halogens is 1. The molecular formula is C7H6ClN3O2. The molecule has 68 valence electrons. The van der Waals surface area contributed by atoms with Gasteiger partial charge in [0.25, 0.3) is 5.69 Å². The zero-order chi connectivity index (χ0) is 10.0. The quantitative estimate of drug-likeness (QED) is 0.329. The van der Waals surface area contributed by atoms with E-state index in [1.165, 1.54) is 6.07 Å². The predicted octanol–water partition coefficient (Wildman–Crippen LogP) is 1.83. The maximum Gasteiger partial charge on any atom is 0.289 e. The second-order valence-corrected chi connectivity index (χ2v) is 2.74. The van der Waals surface area contributed by atoms with Crippen LogP contribution in [-0.2, 0) is 0 Å². The predicted molar refractivity (Wildman–Crippen MR) is 50.4 cm³/mol. The molecule has 0 aliphatic heterocycles. The summed E-state index contributed by atoms with van der Waals surface area (Å²) in [5.74, 6) is 0. The number of nitrogens with zero attached hydrogens (tertiary/aromatic N) is 1. The number of hydrogen-bond donors (Lipinski definition) is 2. The molecule has 0 atom stereocenters. The van der Waals surface area contributed by atoms with Crippen molar-refractivity contribution in [3.63, 3.8) is 0 Å². The van der Waals surface area contributed by atoms with Crippen LogP contribution in [0.15, 0.2) is 12.1 Å². The lowest BCUT2D eigenvalue weighted by Gasteiger charge is -2.00. The Bertz CT molecular complexity index is 378. The molecule has 0 heterocycles. The summed E-state index contributed by atoms with van der Waals surface area (Å²) in [7, 11) is 0. The van der Waals surface area contributed by atoms with E-state index in [9.17, 15) is 10.1 Å². The van der Waals surface area contributed by atoms with Crippen molar-refractivity contribution in [2.45, 2.75) is 0 Å². The number of nitro benzene ring substituents is 1. The molecule has 0 aromatic heterocycles. The van der Waals surface area contributed by atoms with Crippen LogP contribution in [0.2, 0.25) is 5.02 Å². The zero-order valence-corrected chi connectivity index (χ0v) is 7.21. The van der Waals surface area contributed by atoms with E-state index < -0.39 is 4.92 Å². The summed E-state index contributed by atoms with van der Waals surface area (Å²) < 4.78 is 0. The highest BCUT2D eigenvalue weighted by Gasteiger charge is 2.14. The molecule has 0 saturated heterocycles. The summed E-state index contributed by atoms with van der Waals surface area (Å²) in [6.07, 6.45) is 0.991. The van der Waals surface area contributed by atoms with Crippen LogP contribution in [0.25, 0.3) is 0 Å². The molecule has 0 aliphatic carbocycles. The normalized spacial score (nSPS) is 9.62. The second kappa shape index (κ2) is 3.40. The summed E-state index contributed by atoms with van der Waals surface area (Å²) in [6, 6.07) is 2.44. The van der Waals surface area contributed by atoms with Crippen LogP contribution in [-0.4, -0.2) is 11.1 Å². The van der Waals surface area contributed by atoms with E-state index in [0.29, 0.717) is 5.56 Å². The smallest absolute Gasteiger partial charge is 0.289 e. The maximum absolute atomic E-state index is 10.4. The minimum Gasteiger partial charge on any atom is -0.398 e. The van der Waals surface area contributed by atoms with Gasteiger partial charge in [0.1, 0.15) is 5.02 Å². The molecule has 0 radical (unpaired) electrons. The summed E-state index contributed by atoms with van der Waals surface area (Å²) in [5, 5.41) is 17.3. The van der Waals surface area contributed by atoms with Crippen molar-refractivity contribution in [3.8, 4) is 0 Å². The highest BCUT2D eigenvalue weighted by Crippen LogP contribution is 2.28. The van der Waals surface area contributed by atoms with Crippen LogP contribution in [0.4, 0.5) is 11.4 Å². The number of nitro groups is 1. The van der Waals surface area contributed by atoms with E-state index in [4.69, 9.17) is 22.7 Å². The van der Waals surface area contributed by atoms with Gasteiger partial charge in [-0.2, -0.15) is 0 Å². The molecule has 1 aromatic rings. The first-order valence-corrected chi connectivity index (χ1v) is 3.68. The molecule has 3 N–H and O–H groups in total. The first kappa shape index (κ1) is 9.47. The Labute approximate surface area is 78.8 Å². The Hall–Kier alpha value is -1.62. The first-order valence-electron chi connectivity index (χ1n) is 3.30. The third-order valence-corrected chi connectivity index (χ3v) is 1.81. The Morgan fingerprint density at radius 1 is 1.62 bits per heavy atom. The second-order valence-electron chi connectivity index (χ2n) is 2.33. The van der Waals surface area contributed by atoms with Crippen molar-refractivity contribution >= 4 is 29.2 Å². The van der Waals surface area contributed by atoms with Crippen LogP contribution < -0.4 is 5.73 Å². The SMILES string of the molecule is N=Cc1cc(Cl)c([N+](=O)[O-])cc1N. The average molecular weight is 200 g/mol. The Morgan fingerprint density at radius 2 is 2.23 bits per heavy atom. The maximum atomic E-state index is 10.4. The topological polar surface area (TPSA) is 93.0 Å². The lowest BCUT2D eigenvalue weighted by Crippen LogP contribution is -1.96. The standard InChI is InChI=1S/C7H6ClN3O2/c8-5-1-4(3-9)6(10)2-7(5)11(12)13/h1-3,9H,10H2. The van der Waals surface area contributed by atoms with Crippen molar-refractivity contribution in [1.29, 1.82) is 5.41 Å². The minimum absolute atomic E-state index is 0.0160. The summed E-state index contributed by atoms with van der Waals surface area (Å²) in [6.45, 7) is 0. The molecule has 0 spiro atoms. The van der Waals surface area contributed by atoms with Crippen molar-refractivity contribution in [3.05, 3.63) is 32.8 Å². The molecule has 0 unspecified atom stereocenters. The Morgan fingerprint density at radius 3 is 2.69 bits per heavy atom. The molecular weight excluding hydrogens is 194 g/mol. The third kappa shape index (κ3) is 1.75. The number of anilines is 1. The van der Waals surface area contributed by atoms with Crippen molar-refractivity contribution in [2.75, 3.05) is 5.73 Å². The number of hydrogen-bond acceptors (Lipinski definition) is 4. The molecule has 0 amide bonds. The van der Waals surface area contributed by atoms with Gasteiger partial charge in [-0.05, 0) is 6.07 Å². The summed E-state index contributed by atoms with van der Waals surface area (Å²) in [5.41, 5.74) is 5.72. The molecule has 0 aliphatic rings. The van der Waals surface area contributed by atoms with Crippen molar-refractivity contribution in [1.82, 2.24) is 0 Å². The molecule has 0 fully saturated rings. The summed E-state index contributed by atoms with van der Waals surface area (Å²) in [4.78, 5) is 9.76. The van der Waals surface area contributed by atoms with Gasteiger partial charge in [0, 0.05) is 23.5 Å². The van der Waals surface area contributed by atoms with Crippen molar-refractivity contribution < 1.29 is 4.92 Å². The fraction of sp³-hybridized carbons (Fsp3) is 0. The summed E-state index contributed by atoms with van der Waals surface area (Å²) >= 11 is 5.57. The minimum atomic E-state index is -0.619. The van der Waals surface area contributed by atoms with Crippen molar-refractivity contribution in [2.24, 2.45) is 0 Å². The van der Waals surface area contributed by atoms with E-state index in [1.54, 1.807) is 0 Å². The monoisotopic (exact) mass is 199 g/mol. The molecule has 6 heteroatoms. The molecule has 0 saturated carbocycles. The fourth-order valence-electron chi connectivity index (χ4n) is 0.858. The van der Waals surface area contributed by atoms with E-state index in [2.05, 4.69) is 0 Å². The number of benzene rings is 1. The van der Waals surface area contributed by atoms with Gasteiger partial charge in [0.2, 0.25) is 0 Å². The van der Waals surface area contributed by atoms with Crippen LogP contribution in [0.1, 0.15) is 5.56 Å². The number of nitrogens with two attached hydrogens (primary N) is 1. The van der Waals surface area contributed by atoms with Gasteiger partial charge in [-0.3, -0.25) is 10.1 Å². The number of nitrogens with one attached hydrogen (secondary N) is 1.